The van der Waals surface area contributed by atoms with Crippen LogP contribution in [0.4, 0.5) is 0 Å². The summed E-state index contributed by atoms with van der Waals surface area (Å²) in [6.45, 7) is 3.11. The molecular weight excluding hydrogens is 214 g/mol. The summed E-state index contributed by atoms with van der Waals surface area (Å²) in [5, 5.41) is 19.8. The summed E-state index contributed by atoms with van der Waals surface area (Å²) in [5.74, 6) is 0. The van der Waals surface area contributed by atoms with Gasteiger partial charge in [0.15, 0.2) is 0 Å². The Hall–Kier alpha value is -1.37. The molecule has 0 aromatic heterocycles. The van der Waals surface area contributed by atoms with Crippen molar-refractivity contribution in [3.63, 3.8) is 0 Å². The van der Waals surface area contributed by atoms with Gasteiger partial charge in [-0.25, -0.2) is 0 Å². The molecule has 1 saturated heterocycles. The van der Waals surface area contributed by atoms with Gasteiger partial charge in [0, 0.05) is 13.2 Å². The van der Waals surface area contributed by atoms with Crippen LogP contribution in [0.2, 0.25) is 0 Å². The summed E-state index contributed by atoms with van der Waals surface area (Å²) in [7, 11) is 0. The number of ether oxygens (including phenoxy) is 1. The van der Waals surface area contributed by atoms with Gasteiger partial charge in [-0.2, -0.15) is 5.26 Å². The predicted molar refractivity (Wildman–Crippen MR) is 64.2 cm³/mol. The summed E-state index contributed by atoms with van der Waals surface area (Å²) in [5.41, 5.74) is 1.28. The van der Waals surface area contributed by atoms with E-state index in [-0.39, 0.29) is 0 Å². The van der Waals surface area contributed by atoms with Crippen LogP contribution in [0.15, 0.2) is 24.3 Å². The number of aryl methyl sites for hydroxylation is 1. The molecule has 0 spiro atoms. The molecule has 0 amide bonds. The monoisotopic (exact) mass is 231 g/mol. The molecular formula is C14H17NO2. The van der Waals surface area contributed by atoms with E-state index in [2.05, 4.69) is 6.07 Å². The summed E-state index contributed by atoms with van der Waals surface area (Å²) < 4.78 is 5.27. The van der Waals surface area contributed by atoms with E-state index in [0.717, 1.165) is 11.1 Å². The van der Waals surface area contributed by atoms with Crippen LogP contribution in [-0.4, -0.2) is 18.3 Å². The molecule has 1 atom stereocenters. The maximum absolute atomic E-state index is 10.4. The van der Waals surface area contributed by atoms with Crippen molar-refractivity contribution in [3.05, 3.63) is 35.4 Å². The molecule has 1 aromatic rings. The van der Waals surface area contributed by atoms with Crippen molar-refractivity contribution >= 4 is 0 Å². The highest BCUT2D eigenvalue weighted by Crippen LogP contribution is 2.41. The summed E-state index contributed by atoms with van der Waals surface area (Å²) >= 11 is 0. The van der Waals surface area contributed by atoms with Crippen LogP contribution in [0.3, 0.4) is 0 Å². The lowest BCUT2D eigenvalue weighted by Crippen LogP contribution is -2.34. The SMILES string of the molecule is Cc1ccc(C(O)C2(C#N)CCOCC2)cc1. The molecule has 1 fully saturated rings. The van der Waals surface area contributed by atoms with E-state index in [1.54, 1.807) is 0 Å². The fourth-order valence-electron chi connectivity index (χ4n) is 2.25. The van der Waals surface area contributed by atoms with Crippen molar-refractivity contribution in [2.24, 2.45) is 5.41 Å². The minimum atomic E-state index is -0.725. The van der Waals surface area contributed by atoms with Gasteiger partial charge in [-0.15, -0.1) is 0 Å². The fraction of sp³-hybridized carbons (Fsp3) is 0.500. The van der Waals surface area contributed by atoms with E-state index >= 15 is 0 Å². The van der Waals surface area contributed by atoms with Gasteiger partial charge >= 0.3 is 0 Å². The molecule has 1 heterocycles. The number of hydrogen-bond acceptors (Lipinski definition) is 3. The maximum atomic E-state index is 10.4. The van der Waals surface area contributed by atoms with Crippen LogP contribution >= 0.6 is 0 Å². The molecule has 3 nitrogen and oxygen atoms in total. The van der Waals surface area contributed by atoms with E-state index in [0.29, 0.717) is 26.1 Å². The fourth-order valence-corrected chi connectivity index (χ4v) is 2.25. The molecule has 1 aromatic carbocycles. The number of benzene rings is 1. The first-order chi connectivity index (χ1) is 8.18. The van der Waals surface area contributed by atoms with Gasteiger partial charge in [-0.1, -0.05) is 29.8 Å². The Morgan fingerprint density at radius 1 is 1.29 bits per heavy atom. The van der Waals surface area contributed by atoms with Crippen molar-refractivity contribution in [1.29, 1.82) is 5.26 Å². The van der Waals surface area contributed by atoms with Crippen molar-refractivity contribution in [2.45, 2.75) is 25.9 Å². The lowest BCUT2D eigenvalue weighted by molar-refractivity contribution is -0.0310. The lowest BCUT2D eigenvalue weighted by Gasteiger charge is -2.35. The van der Waals surface area contributed by atoms with Gasteiger partial charge < -0.3 is 9.84 Å². The van der Waals surface area contributed by atoms with Crippen LogP contribution < -0.4 is 0 Å². The van der Waals surface area contributed by atoms with Crippen LogP contribution in [-0.2, 0) is 4.74 Å². The maximum Gasteiger partial charge on any atom is 0.0978 e. The molecule has 2 rings (SSSR count). The smallest absolute Gasteiger partial charge is 0.0978 e. The standard InChI is InChI=1S/C14H17NO2/c1-11-2-4-12(5-3-11)13(16)14(10-15)6-8-17-9-7-14/h2-5,13,16H,6-9H2,1H3. The number of hydrogen-bond donors (Lipinski definition) is 1. The molecule has 3 heteroatoms. The van der Waals surface area contributed by atoms with Crippen LogP contribution in [0, 0.1) is 23.7 Å². The highest BCUT2D eigenvalue weighted by molar-refractivity contribution is 5.26. The van der Waals surface area contributed by atoms with Crippen molar-refractivity contribution in [3.8, 4) is 6.07 Å². The summed E-state index contributed by atoms with van der Waals surface area (Å²) in [4.78, 5) is 0. The third kappa shape index (κ3) is 2.33. The van der Waals surface area contributed by atoms with Gasteiger partial charge in [-0.3, -0.25) is 0 Å². The highest BCUT2D eigenvalue weighted by Gasteiger charge is 2.40. The Balaban J connectivity index is 2.25. The lowest BCUT2D eigenvalue weighted by atomic mass is 9.74. The molecule has 0 radical (unpaired) electrons. The number of rotatable bonds is 2. The second kappa shape index (κ2) is 4.87. The van der Waals surface area contributed by atoms with E-state index in [1.165, 1.54) is 0 Å². The Kier molecular flexibility index (Phi) is 3.46. The van der Waals surface area contributed by atoms with E-state index in [4.69, 9.17) is 4.74 Å². The van der Waals surface area contributed by atoms with Crippen LogP contribution in [0.5, 0.6) is 0 Å². The van der Waals surface area contributed by atoms with Crippen molar-refractivity contribution in [1.82, 2.24) is 0 Å². The zero-order valence-electron chi connectivity index (χ0n) is 10.0. The van der Waals surface area contributed by atoms with E-state index in [1.807, 2.05) is 31.2 Å². The van der Waals surface area contributed by atoms with Crippen molar-refractivity contribution < 1.29 is 9.84 Å². The Morgan fingerprint density at radius 3 is 2.41 bits per heavy atom. The minimum Gasteiger partial charge on any atom is -0.387 e. The van der Waals surface area contributed by atoms with Crippen LogP contribution in [0.25, 0.3) is 0 Å². The zero-order chi connectivity index (χ0) is 12.3. The second-order valence-electron chi connectivity index (χ2n) is 4.69. The normalized spacial score (nSPS) is 20.5. The molecule has 90 valence electrons. The van der Waals surface area contributed by atoms with Crippen molar-refractivity contribution in [2.75, 3.05) is 13.2 Å². The Labute approximate surface area is 102 Å². The number of aliphatic hydroxyl groups is 1. The Bertz CT molecular complexity index is 413. The number of nitriles is 1. The van der Waals surface area contributed by atoms with E-state index in [9.17, 15) is 10.4 Å². The molecule has 1 N–H and O–H groups in total. The van der Waals surface area contributed by atoms with Crippen LogP contribution in [0.1, 0.15) is 30.1 Å². The first-order valence-electron chi connectivity index (χ1n) is 5.91. The third-order valence-electron chi connectivity index (χ3n) is 3.52. The molecule has 1 aliphatic heterocycles. The first-order valence-corrected chi connectivity index (χ1v) is 5.91. The summed E-state index contributed by atoms with van der Waals surface area (Å²) in [6, 6.07) is 10.0. The topological polar surface area (TPSA) is 53.2 Å². The number of nitrogens with zero attached hydrogens (tertiary/aromatic N) is 1. The van der Waals surface area contributed by atoms with Gasteiger partial charge in [0.2, 0.25) is 0 Å². The third-order valence-corrected chi connectivity index (χ3v) is 3.52. The highest BCUT2D eigenvalue weighted by atomic mass is 16.5. The molecule has 1 aliphatic rings. The largest absolute Gasteiger partial charge is 0.387 e. The first kappa shape index (κ1) is 12.1. The average molecular weight is 231 g/mol. The quantitative estimate of drug-likeness (QED) is 0.850. The molecule has 0 bridgehead atoms. The predicted octanol–water partition coefficient (Wildman–Crippen LogP) is 2.35. The average Bonchev–Trinajstić information content (AvgIpc) is 2.39. The zero-order valence-corrected chi connectivity index (χ0v) is 10.0. The van der Waals surface area contributed by atoms with E-state index < -0.39 is 11.5 Å². The van der Waals surface area contributed by atoms with Gasteiger partial charge in [0.05, 0.1) is 17.6 Å². The summed E-state index contributed by atoms with van der Waals surface area (Å²) in [6.07, 6.45) is 0.467. The second-order valence-corrected chi connectivity index (χ2v) is 4.69. The minimum absolute atomic E-state index is 0.552. The molecule has 17 heavy (non-hydrogen) atoms. The van der Waals surface area contributed by atoms with Gasteiger partial charge in [0.1, 0.15) is 0 Å². The Morgan fingerprint density at radius 2 is 1.88 bits per heavy atom. The van der Waals surface area contributed by atoms with Gasteiger partial charge in [0.25, 0.3) is 0 Å². The van der Waals surface area contributed by atoms with Gasteiger partial charge in [-0.05, 0) is 25.3 Å². The molecule has 0 aliphatic carbocycles. The molecule has 1 unspecified atom stereocenters. The number of aliphatic hydroxyl groups excluding tert-OH is 1. The molecule has 0 saturated carbocycles.